The summed E-state index contributed by atoms with van der Waals surface area (Å²) in [6, 6.07) is 50.9. The summed E-state index contributed by atoms with van der Waals surface area (Å²) in [7, 11) is 0. The number of hydrogen-bond acceptors (Lipinski definition) is 5. The van der Waals surface area contributed by atoms with Crippen LogP contribution >= 0.6 is 11.8 Å². The molecule has 0 aliphatic carbocycles. The van der Waals surface area contributed by atoms with Crippen LogP contribution in [0.3, 0.4) is 0 Å². The molecule has 1 aliphatic rings. The number of aromatic nitrogens is 3. The zero-order valence-electron chi connectivity index (χ0n) is 23.6. The fourth-order valence-corrected chi connectivity index (χ4v) is 7.33. The smallest absolute Gasteiger partial charge is 0.238 e. The topological polar surface area (TPSA) is 41.9 Å². The molecule has 8 aromatic rings. The molecule has 0 N–H and O–H groups in total. The highest BCUT2D eigenvalue weighted by Gasteiger charge is 2.27. The molecule has 2 heterocycles. The summed E-state index contributed by atoms with van der Waals surface area (Å²) in [5, 5.41) is 7.37. The minimum absolute atomic E-state index is 0.595. The Labute approximate surface area is 258 Å². The van der Waals surface area contributed by atoms with Gasteiger partial charge in [0.15, 0.2) is 11.6 Å². The van der Waals surface area contributed by atoms with Crippen molar-refractivity contribution < 1.29 is 0 Å². The number of fused-ring (bicyclic) bond motifs is 8. The van der Waals surface area contributed by atoms with E-state index in [-0.39, 0.29) is 0 Å². The van der Waals surface area contributed by atoms with Crippen molar-refractivity contribution in [3.05, 3.63) is 146 Å². The Kier molecular flexibility index (Phi) is 5.71. The molecule has 0 unspecified atom stereocenters. The summed E-state index contributed by atoms with van der Waals surface area (Å²) >= 11 is 1.77. The Hall–Kier alpha value is -5.52. The average Bonchev–Trinajstić information content (AvgIpc) is 3.10. The zero-order chi connectivity index (χ0) is 29.0. The third-order valence-electron chi connectivity index (χ3n) is 8.29. The number of hydrogen-bond donors (Lipinski definition) is 0. The van der Waals surface area contributed by atoms with Crippen molar-refractivity contribution >= 4 is 61.4 Å². The molecule has 7 aromatic carbocycles. The van der Waals surface area contributed by atoms with Crippen molar-refractivity contribution in [2.24, 2.45) is 0 Å². The van der Waals surface area contributed by atoms with Crippen LogP contribution < -0.4 is 4.90 Å². The monoisotopic (exact) mass is 580 g/mol. The minimum Gasteiger partial charge on any atom is -0.277 e. The van der Waals surface area contributed by atoms with Gasteiger partial charge in [-0.15, -0.1) is 0 Å². The first-order chi connectivity index (χ1) is 21.8. The number of para-hydroxylation sites is 2. The summed E-state index contributed by atoms with van der Waals surface area (Å²) in [5.74, 6) is 1.88. The fraction of sp³-hybridized carbons (Fsp3) is 0. The second kappa shape index (κ2) is 10.0. The first kappa shape index (κ1) is 25.0. The van der Waals surface area contributed by atoms with Gasteiger partial charge in [0.1, 0.15) is 0 Å². The van der Waals surface area contributed by atoms with Gasteiger partial charge in [0.2, 0.25) is 5.95 Å². The maximum atomic E-state index is 5.19. The summed E-state index contributed by atoms with van der Waals surface area (Å²) in [6.07, 6.45) is 0. The molecule has 0 amide bonds. The molecule has 0 atom stereocenters. The lowest BCUT2D eigenvalue weighted by Gasteiger charge is -2.31. The van der Waals surface area contributed by atoms with E-state index in [4.69, 9.17) is 15.0 Å². The highest BCUT2D eigenvalue weighted by molar-refractivity contribution is 7.99. The molecule has 0 radical (unpaired) electrons. The van der Waals surface area contributed by atoms with E-state index < -0.39 is 0 Å². The highest BCUT2D eigenvalue weighted by atomic mass is 32.2. The summed E-state index contributed by atoms with van der Waals surface area (Å²) in [5.41, 5.74) is 4.01. The van der Waals surface area contributed by atoms with Crippen LogP contribution in [0.2, 0.25) is 0 Å². The molecular formula is C39H24N4S. The Balaban J connectivity index is 1.31. The Morgan fingerprint density at radius 2 is 0.864 bits per heavy atom. The predicted molar refractivity (Wildman–Crippen MR) is 182 cm³/mol. The Bertz CT molecular complexity index is 2310. The van der Waals surface area contributed by atoms with Gasteiger partial charge in [-0.3, -0.25) is 4.90 Å². The molecule has 44 heavy (non-hydrogen) atoms. The van der Waals surface area contributed by atoms with E-state index in [0.29, 0.717) is 17.6 Å². The standard InChI is InChI=1S/C39H24N4S/c1-2-12-25(13-3-1)37-40-38(42-39(41-37)43-33-18-8-10-20-35(33)44-36-21-11-9-19-34(36)43)26-22-23-31-29-16-5-4-14-27(29)28-15-6-7-17-30(28)32(31)24-26/h1-24H. The van der Waals surface area contributed by atoms with Crippen molar-refractivity contribution in [3.63, 3.8) is 0 Å². The van der Waals surface area contributed by atoms with E-state index in [1.807, 2.05) is 18.2 Å². The lowest BCUT2D eigenvalue weighted by Crippen LogP contribution is -2.18. The zero-order valence-corrected chi connectivity index (χ0v) is 24.4. The van der Waals surface area contributed by atoms with Crippen molar-refractivity contribution in [3.8, 4) is 22.8 Å². The van der Waals surface area contributed by atoms with Crippen molar-refractivity contribution in [2.45, 2.75) is 9.79 Å². The third kappa shape index (κ3) is 3.98. The van der Waals surface area contributed by atoms with Crippen LogP contribution in [0.1, 0.15) is 0 Å². The largest absolute Gasteiger partial charge is 0.277 e. The average molecular weight is 581 g/mol. The molecule has 0 saturated heterocycles. The van der Waals surface area contributed by atoms with Gasteiger partial charge in [-0.25, -0.2) is 4.98 Å². The molecule has 5 heteroatoms. The molecule has 206 valence electrons. The first-order valence-corrected chi connectivity index (χ1v) is 15.4. The first-order valence-electron chi connectivity index (χ1n) is 14.6. The number of benzene rings is 7. The van der Waals surface area contributed by atoms with E-state index in [1.165, 1.54) is 42.1 Å². The van der Waals surface area contributed by atoms with Crippen molar-refractivity contribution in [2.75, 3.05) is 4.90 Å². The lowest BCUT2D eigenvalue weighted by atomic mass is 9.93. The van der Waals surface area contributed by atoms with Crippen molar-refractivity contribution in [1.82, 2.24) is 15.0 Å². The van der Waals surface area contributed by atoms with Gasteiger partial charge in [0.25, 0.3) is 0 Å². The summed E-state index contributed by atoms with van der Waals surface area (Å²) in [4.78, 5) is 19.9. The normalized spacial score (nSPS) is 12.4. The van der Waals surface area contributed by atoms with Crippen LogP contribution in [0, 0.1) is 0 Å². The number of anilines is 3. The summed E-state index contributed by atoms with van der Waals surface area (Å²) < 4.78 is 0. The molecule has 0 spiro atoms. The Morgan fingerprint density at radius 1 is 0.386 bits per heavy atom. The summed E-state index contributed by atoms with van der Waals surface area (Å²) in [6.45, 7) is 0. The van der Waals surface area contributed by atoms with E-state index >= 15 is 0 Å². The Morgan fingerprint density at radius 3 is 1.48 bits per heavy atom. The number of rotatable bonds is 3. The molecular weight excluding hydrogens is 557 g/mol. The molecule has 9 rings (SSSR count). The second-order valence-corrected chi connectivity index (χ2v) is 12.0. The quantitative estimate of drug-likeness (QED) is 0.195. The van der Waals surface area contributed by atoms with Gasteiger partial charge in [0.05, 0.1) is 11.4 Å². The van der Waals surface area contributed by atoms with E-state index in [1.54, 1.807) is 11.8 Å². The van der Waals surface area contributed by atoms with Gasteiger partial charge in [-0.1, -0.05) is 127 Å². The van der Waals surface area contributed by atoms with Gasteiger partial charge in [0, 0.05) is 20.9 Å². The van der Waals surface area contributed by atoms with Gasteiger partial charge < -0.3 is 0 Å². The predicted octanol–water partition coefficient (Wildman–Crippen LogP) is 10.6. The van der Waals surface area contributed by atoms with Gasteiger partial charge in [-0.2, -0.15) is 9.97 Å². The van der Waals surface area contributed by atoms with E-state index in [2.05, 4.69) is 132 Å². The maximum absolute atomic E-state index is 5.19. The van der Waals surface area contributed by atoms with Crippen LogP contribution in [0.15, 0.2) is 155 Å². The minimum atomic E-state index is 0.595. The SMILES string of the molecule is c1ccc(-c2nc(-c3ccc4c5ccccc5c5ccccc5c4c3)nc(N3c4ccccc4Sc4ccccc43)n2)cc1. The highest BCUT2D eigenvalue weighted by Crippen LogP contribution is 2.50. The molecule has 0 bridgehead atoms. The van der Waals surface area contributed by atoms with E-state index in [0.717, 1.165) is 22.5 Å². The number of nitrogens with zero attached hydrogens (tertiary/aromatic N) is 4. The van der Waals surface area contributed by atoms with Crippen LogP contribution in [-0.2, 0) is 0 Å². The fourth-order valence-electron chi connectivity index (χ4n) is 6.28. The molecule has 1 aromatic heterocycles. The van der Waals surface area contributed by atoms with Gasteiger partial charge >= 0.3 is 0 Å². The van der Waals surface area contributed by atoms with Crippen molar-refractivity contribution in [1.29, 1.82) is 0 Å². The second-order valence-electron chi connectivity index (χ2n) is 10.9. The van der Waals surface area contributed by atoms with E-state index in [9.17, 15) is 0 Å². The molecule has 4 nitrogen and oxygen atoms in total. The van der Waals surface area contributed by atoms with Gasteiger partial charge in [-0.05, 0) is 62.6 Å². The van der Waals surface area contributed by atoms with Crippen LogP contribution in [-0.4, -0.2) is 15.0 Å². The van der Waals surface area contributed by atoms with Crippen LogP contribution in [0.5, 0.6) is 0 Å². The van der Waals surface area contributed by atoms with Crippen LogP contribution in [0.4, 0.5) is 17.3 Å². The molecule has 0 fully saturated rings. The lowest BCUT2D eigenvalue weighted by molar-refractivity contribution is 1.00. The third-order valence-corrected chi connectivity index (χ3v) is 9.42. The molecule has 0 saturated carbocycles. The molecule has 1 aliphatic heterocycles. The maximum Gasteiger partial charge on any atom is 0.238 e. The van der Waals surface area contributed by atoms with Crippen LogP contribution in [0.25, 0.3) is 55.1 Å².